The fourth-order valence-electron chi connectivity index (χ4n) is 6.83. The summed E-state index contributed by atoms with van der Waals surface area (Å²) >= 11 is 0. The molecule has 1 aliphatic heterocycles. The van der Waals surface area contributed by atoms with E-state index in [0.29, 0.717) is 89.5 Å². The van der Waals surface area contributed by atoms with Gasteiger partial charge in [-0.1, -0.05) is 6.07 Å². The Morgan fingerprint density at radius 1 is 0.962 bits per heavy atom. The first-order valence-corrected chi connectivity index (χ1v) is 17.5. The van der Waals surface area contributed by atoms with Crippen LogP contribution in [0.2, 0.25) is 0 Å². The molecule has 5 heterocycles. The lowest BCUT2D eigenvalue weighted by Crippen LogP contribution is -2.26. The SMILES string of the molecule is CCn1nc(C)cc1C(=O)Nc1nc2c(OCCO)cccc2n1CCC[C@H]1COc2cc(C(N)=O)cc3nc(NC(=O)c4cc(C)nn4CC)n1c23. The number of fused-ring (bicyclic) bond motifs is 1. The van der Waals surface area contributed by atoms with Crippen LogP contribution in [-0.4, -0.2) is 81.3 Å². The molecule has 0 saturated heterocycles. The predicted octanol–water partition coefficient (Wildman–Crippen LogP) is 3.82. The Hall–Kier alpha value is -6.23. The largest absolute Gasteiger partial charge is 0.489 e. The van der Waals surface area contributed by atoms with Crippen molar-refractivity contribution in [1.82, 2.24) is 38.7 Å². The number of aliphatic hydroxyl groups is 1. The fraction of sp³-hybridized carbons (Fsp3) is 0.361. The maximum atomic E-state index is 13.6. The van der Waals surface area contributed by atoms with Gasteiger partial charge in [0.25, 0.3) is 11.8 Å². The number of anilines is 2. The van der Waals surface area contributed by atoms with Crippen LogP contribution in [0, 0.1) is 13.8 Å². The molecule has 2 aromatic carbocycles. The van der Waals surface area contributed by atoms with Gasteiger partial charge in [0.2, 0.25) is 17.8 Å². The number of carbonyl (C=O) groups excluding carboxylic acids is 3. The molecule has 4 aromatic heterocycles. The van der Waals surface area contributed by atoms with Crippen molar-refractivity contribution < 1.29 is 29.0 Å². The Labute approximate surface area is 303 Å². The van der Waals surface area contributed by atoms with Gasteiger partial charge in [-0.3, -0.25) is 34.4 Å². The molecule has 1 aliphatic rings. The number of para-hydroxylation sites is 1. The Kier molecular flexibility index (Phi) is 9.57. The number of aromatic nitrogens is 8. The molecular weight excluding hydrogens is 682 g/mol. The van der Waals surface area contributed by atoms with Crippen molar-refractivity contribution in [2.75, 3.05) is 30.5 Å². The zero-order valence-corrected chi connectivity index (χ0v) is 29.9. The molecule has 0 fully saturated rings. The van der Waals surface area contributed by atoms with Crippen molar-refractivity contribution in [1.29, 1.82) is 0 Å². The van der Waals surface area contributed by atoms with E-state index in [-0.39, 0.29) is 43.2 Å². The van der Waals surface area contributed by atoms with Gasteiger partial charge in [-0.2, -0.15) is 10.2 Å². The molecular formula is C36H41N11O6. The molecule has 0 aliphatic carbocycles. The molecule has 0 unspecified atom stereocenters. The number of nitrogens with two attached hydrogens (primary N) is 1. The van der Waals surface area contributed by atoms with Crippen LogP contribution in [0.3, 0.4) is 0 Å². The number of carbonyl (C=O) groups is 3. The molecule has 53 heavy (non-hydrogen) atoms. The summed E-state index contributed by atoms with van der Waals surface area (Å²) in [5.74, 6) is 0.214. The Balaban J connectivity index is 1.21. The van der Waals surface area contributed by atoms with Gasteiger partial charge in [0, 0.05) is 25.2 Å². The van der Waals surface area contributed by atoms with Gasteiger partial charge in [0.15, 0.2) is 0 Å². The highest BCUT2D eigenvalue weighted by Gasteiger charge is 2.30. The molecule has 0 saturated carbocycles. The molecule has 276 valence electrons. The number of rotatable bonds is 14. The summed E-state index contributed by atoms with van der Waals surface area (Å²) in [6.07, 6.45) is 1.17. The summed E-state index contributed by atoms with van der Waals surface area (Å²) in [6.45, 7) is 9.13. The van der Waals surface area contributed by atoms with E-state index in [0.717, 1.165) is 11.2 Å². The van der Waals surface area contributed by atoms with Crippen LogP contribution < -0.4 is 25.8 Å². The number of nitrogens with zero attached hydrogens (tertiary/aromatic N) is 8. The number of amides is 3. The van der Waals surface area contributed by atoms with Crippen molar-refractivity contribution >= 4 is 51.7 Å². The maximum Gasteiger partial charge on any atom is 0.276 e. The molecule has 1 atom stereocenters. The highest BCUT2D eigenvalue weighted by Crippen LogP contribution is 2.39. The Bertz CT molecular complexity index is 2370. The zero-order chi connectivity index (χ0) is 37.4. The van der Waals surface area contributed by atoms with Crippen LogP contribution in [0.15, 0.2) is 42.5 Å². The number of ether oxygens (including phenoxy) is 2. The smallest absolute Gasteiger partial charge is 0.276 e. The fourth-order valence-corrected chi connectivity index (χ4v) is 6.83. The normalized spacial score (nSPS) is 13.7. The molecule has 6 aromatic rings. The molecule has 17 heteroatoms. The van der Waals surface area contributed by atoms with Crippen LogP contribution >= 0.6 is 0 Å². The Morgan fingerprint density at radius 2 is 1.64 bits per heavy atom. The number of primary amides is 1. The van der Waals surface area contributed by atoms with E-state index in [2.05, 4.69) is 20.8 Å². The number of benzene rings is 2. The average Bonchev–Trinajstić information content (AvgIpc) is 3.91. The monoisotopic (exact) mass is 723 g/mol. The van der Waals surface area contributed by atoms with E-state index in [1.807, 2.05) is 49.0 Å². The number of hydrogen-bond donors (Lipinski definition) is 4. The van der Waals surface area contributed by atoms with Gasteiger partial charge >= 0.3 is 0 Å². The van der Waals surface area contributed by atoms with Crippen LogP contribution in [0.5, 0.6) is 11.5 Å². The van der Waals surface area contributed by atoms with Gasteiger partial charge in [-0.15, -0.1) is 0 Å². The summed E-state index contributed by atoms with van der Waals surface area (Å²) in [4.78, 5) is 48.8. The molecule has 0 spiro atoms. The summed E-state index contributed by atoms with van der Waals surface area (Å²) in [5.41, 5.74) is 10.5. The number of imidazole rings is 2. The molecule has 3 amide bonds. The van der Waals surface area contributed by atoms with E-state index in [4.69, 9.17) is 25.2 Å². The average molecular weight is 724 g/mol. The van der Waals surface area contributed by atoms with E-state index >= 15 is 0 Å². The van der Waals surface area contributed by atoms with E-state index in [1.165, 1.54) is 0 Å². The molecule has 5 N–H and O–H groups in total. The third-order valence-corrected chi connectivity index (χ3v) is 9.16. The summed E-state index contributed by atoms with van der Waals surface area (Å²) in [5, 5.41) is 24.2. The highest BCUT2D eigenvalue weighted by molar-refractivity contribution is 6.05. The lowest BCUT2D eigenvalue weighted by Gasteiger charge is -2.27. The second kappa shape index (κ2) is 14.4. The summed E-state index contributed by atoms with van der Waals surface area (Å²) in [6, 6.07) is 11.9. The van der Waals surface area contributed by atoms with Crippen molar-refractivity contribution in [3.05, 3.63) is 70.8 Å². The van der Waals surface area contributed by atoms with Gasteiger partial charge < -0.3 is 29.4 Å². The maximum absolute atomic E-state index is 13.6. The number of nitrogens with one attached hydrogen (secondary N) is 2. The summed E-state index contributed by atoms with van der Waals surface area (Å²) in [7, 11) is 0. The zero-order valence-electron chi connectivity index (χ0n) is 29.9. The molecule has 0 radical (unpaired) electrons. The standard InChI is InChI=1S/C36H41N11O6/c1-5-45-26(15-20(3)42-45)33(50)40-35-39-30-25(10-7-11-28(30)52-14-13-48)44(35)12-8-9-23-19-53-29-18-22(32(37)49)17-24-31(29)47(23)36(38-24)41-34(51)27-16-21(4)43-46(27)6-2/h7,10-11,15-18,23,48H,5-6,8-9,12-14,19H2,1-4H3,(H2,37,49)(H,38,41,51)(H,39,40,50)/t23-/m0/s1. The van der Waals surface area contributed by atoms with Crippen molar-refractivity contribution in [3.63, 3.8) is 0 Å². The molecule has 17 nitrogen and oxygen atoms in total. The first-order chi connectivity index (χ1) is 25.6. The minimum atomic E-state index is -0.619. The second-order valence-corrected chi connectivity index (χ2v) is 12.8. The van der Waals surface area contributed by atoms with Crippen LogP contribution in [0.25, 0.3) is 22.1 Å². The minimum Gasteiger partial charge on any atom is -0.489 e. The third-order valence-electron chi connectivity index (χ3n) is 9.16. The van der Waals surface area contributed by atoms with Gasteiger partial charge in [0.1, 0.15) is 47.1 Å². The Morgan fingerprint density at radius 3 is 2.28 bits per heavy atom. The van der Waals surface area contributed by atoms with Gasteiger partial charge in [0.05, 0.1) is 35.1 Å². The number of hydrogen-bond acceptors (Lipinski definition) is 10. The molecule has 7 rings (SSSR count). The first kappa shape index (κ1) is 35.2. The van der Waals surface area contributed by atoms with Crippen molar-refractivity contribution in [2.24, 2.45) is 5.73 Å². The van der Waals surface area contributed by atoms with E-state index in [1.54, 1.807) is 39.7 Å². The number of aryl methyl sites for hydroxylation is 5. The van der Waals surface area contributed by atoms with Crippen molar-refractivity contribution in [3.8, 4) is 11.5 Å². The quantitative estimate of drug-likeness (QED) is 0.128. The molecule has 0 bridgehead atoms. The third kappa shape index (κ3) is 6.66. The minimum absolute atomic E-state index is 0.0886. The first-order valence-electron chi connectivity index (χ1n) is 17.5. The number of aliphatic hydroxyl groups excluding tert-OH is 1. The highest BCUT2D eigenvalue weighted by atomic mass is 16.5. The lowest BCUT2D eigenvalue weighted by molar-refractivity contribution is 0.0994. The van der Waals surface area contributed by atoms with E-state index < -0.39 is 5.91 Å². The topological polar surface area (TPSA) is 211 Å². The lowest BCUT2D eigenvalue weighted by atomic mass is 10.1. The van der Waals surface area contributed by atoms with Gasteiger partial charge in [-0.25, -0.2) is 9.97 Å². The summed E-state index contributed by atoms with van der Waals surface area (Å²) < 4.78 is 19.1. The van der Waals surface area contributed by atoms with Crippen LogP contribution in [0.4, 0.5) is 11.9 Å². The second-order valence-electron chi connectivity index (χ2n) is 12.8. The van der Waals surface area contributed by atoms with E-state index in [9.17, 15) is 19.5 Å². The van der Waals surface area contributed by atoms with Crippen molar-refractivity contribution in [2.45, 2.75) is 66.2 Å². The van der Waals surface area contributed by atoms with Crippen LogP contribution in [0.1, 0.15) is 75.5 Å². The van der Waals surface area contributed by atoms with Crippen LogP contribution in [-0.2, 0) is 19.6 Å². The predicted molar refractivity (Wildman–Crippen MR) is 196 cm³/mol. The van der Waals surface area contributed by atoms with Gasteiger partial charge in [-0.05, 0) is 76.9 Å².